The van der Waals surface area contributed by atoms with Crippen molar-refractivity contribution in [2.45, 2.75) is 13.0 Å². The van der Waals surface area contributed by atoms with Crippen molar-refractivity contribution in [1.82, 2.24) is 15.6 Å². The van der Waals surface area contributed by atoms with Gasteiger partial charge in [-0.1, -0.05) is 24.3 Å². The van der Waals surface area contributed by atoms with E-state index in [2.05, 4.69) is 15.6 Å². The first-order valence-corrected chi connectivity index (χ1v) is 6.87. The third-order valence-corrected chi connectivity index (χ3v) is 2.85. The molecule has 0 radical (unpaired) electrons. The normalized spacial score (nSPS) is 9.26. The van der Waals surface area contributed by atoms with E-state index in [-0.39, 0.29) is 30.7 Å². The van der Waals surface area contributed by atoms with E-state index < -0.39 is 0 Å². The molecule has 0 fully saturated rings. The summed E-state index contributed by atoms with van der Waals surface area (Å²) in [7, 11) is 1.82. The van der Waals surface area contributed by atoms with E-state index in [1.165, 1.54) is 0 Å². The van der Waals surface area contributed by atoms with Gasteiger partial charge in [0.2, 0.25) is 11.8 Å². The minimum Gasteiger partial charge on any atom is -0.439 e. The summed E-state index contributed by atoms with van der Waals surface area (Å²) in [4.78, 5) is 15.7. The third-order valence-electron chi connectivity index (χ3n) is 2.85. The second kappa shape index (κ2) is 11.7. The Morgan fingerprint density at radius 3 is 2.48 bits per heavy atom. The molecule has 0 aliphatic heterocycles. The standard InChI is InChI=1S/C16H19N3O2.2ClH/c1-17-10-9-15(20)18-11-13-7-8-16(19-12-13)21-14-5-3-2-4-6-14;;/h2-8,12,17H,9-11H2,1H3,(H,18,20);2*1H. The van der Waals surface area contributed by atoms with E-state index >= 15 is 0 Å². The lowest BCUT2D eigenvalue weighted by Crippen LogP contribution is -2.26. The molecule has 0 saturated carbocycles. The molecule has 0 aliphatic rings. The molecule has 1 amide bonds. The highest BCUT2D eigenvalue weighted by Crippen LogP contribution is 2.18. The average molecular weight is 358 g/mol. The smallest absolute Gasteiger partial charge is 0.221 e. The van der Waals surface area contributed by atoms with E-state index in [1.807, 2.05) is 43.4 Å². The van der Waals surface area contributed by atoms with Gasteiger partial charge in [0, 0.05) is 31.8 Å². The summed E-state index contributed by atoms with van der Waals surface area (Å²) in [6, 6.07) is 13.2. The van der Waals surface area contributed by atoms with Gasteiger partial charge in [0.25, 0.3) is 0 Å². The van der Waals surface area contributed by atoms with E-state index in [9.17, 15) is 4.79 Å². The number of carbonyl (C=O) groups is 1. The SMILES string of the molecule is CNCCC(=O)NCc1ccc(Oc2ccccc2)nc1.Cl.Cl. The summed E-state index contributed by atoms with van der Waals surface area (Å²) in [5.41, 5.74) is 0.938. The van der Waals surface area contributed by atoms with Crippen molar-refractivity contribution < 1.29 is 9.53 Å². The van der Waals surface area contributed by atoms with Crippen molar-refractivity contribution in [3.63, 3.8) is 0 Å². The maximum Gasteiger partial charge on any atom is 0.221 e. The Bertz CT molecular complexity index is 565. The van der Waals surface area contributed by atoms with Crippen LogP contribution < -0.4 is 15.4 Å². The maximum absolute atomic E-state index is 11.5. The third kappa shape index (κ3) is 7.83. The van der Waals surface area contributed by atoms with Crippen molar-refractivity contribution in [3.8, 4) is 11.6 Å². The topological polar surface area (TPSA) is 63.2 Å². The zero-order valence-electron chi connectivity index (χ0n) is 12.8. The van der Waals surface area contributed by atoms with Crippen molar-refractivity contribution in [2.24, 2.45) is 0 Å². The van der Waals surface area contributed by atoms with Crippen LogP contribution in [0.1, 0.15) is 12.0 Å². The molecule has 7 heteroatoms. The van der Waals surface area contributed by atoms with Crippen LogP contribution in [-0.2, 0) is 11.3 Å². The highest BCUT2D eigenvalue weighted by Gasteiger charge is 2.02. The fourth-order valence-electron chi connectivity index (χ4n) is 1.71. The van der Waals surface area contributed by atoms with Crippen LogP contribution in [0.5, 0.6) is 11.6 Å². The molecule has 23 heavy (non-hydrogen) atoms. The monoisotopic (exact) mass is 357 g/mol. The number of ether oxygens (including phenoxy) is 1. The van der Waals surface area contributed by atoms with Crippen LogP contribution in [0.2, 0.25) is 0 Å². The second-order valence-electron chi connectivity index (χ2n) is 4.55. The fraction of sp³-hybridized carbons (Fsp3) is 0.250. The average Bonchev–Trinajstić information content (AvgIpc) is 2.53. The number of nitrogens with one attached hydrogen (secondary N) is 2. The number of aromatic nitrogens is 1. The Morgan fingerprint density at radius 1 is 1.13 bits per heavy atom. The van der Waals surface area contributed by atoms with Crippen molar-refractivity contribution >= 4 is 30.7 Å². The summed E-state index contributed by atoms with van der Waals surface area (Å²) in [6.07, 6.45) is 2.18. The number of amides is 1. The van der Waals surface area contributed by atoms with E-state index in [1.54, 1.807) is 12.3 Å². The summed E-state index contributed by atoms with van der Waals surface area (Å²) in [5, 5.41) is 5.78. The molecular formula is C16H21Cl2N3O2. The Hall–Kier alpha value is -1.82. The lowest BCUT2D eigenvalue weighted by atomic mass is 10.2. The molecule has 0 bridgehead atoms. The van der Waals surface area contributed by atoms with Gasteiger partial charge in [0.15, 0.2) is 0 Å². The molecule has 2 N–H and O–H groups in total. The van der Waals surface area contributed by atoms with Crippen LogP contribution in [0.4, 0.5) is 0 Å². The molecule has 1 aromatic carbocycles. The van der Waals surface area contributed by atoms with Gasteiger partial charge in [-0.2, -0.15) is 0 Å². The Labute approximate surface area is 148 Å². The second-order valence-corrected chi connectivity index (χ2v) is 4.55. The molecule has 0 unspecified atom stereocenters. The lowest BCUT2D eigenvalue weighted by Gasteiger charge is -2.07. The first-order chi connectivity index (χ1) is 10.3. The van der Waals surface area contributed by atoms with Gasteiger partial charge in [0.1, 0.15) is 5.75 Å². The number of hydrogen-bond donors (Lipinski definition) is 2. The van der Waals surface area contributed by atoms with Crippen LogP contribution in [-0.4, -0.2) is 24.5 Å². The number of halogens is 2. The largest absolute Gasteiger partial charge is 0.439 e. The molecule has 0 atom stereocenters. The Morgan fingerprint density at radius 2 is 1.87 bits per heavy atom. The summed E-state index contributed by atoms with van der Waals surface area (Å²) < 4.78 is 5.61. The summed E-state index contributed by atoms with van der Waals surface area (Å²) in [6.45, 7) is 1.15. The number of pyridine rings is 1. The Kier molecular flexibility index (Phi) is 10.8. The van der Waals surface area contributed by atoms with Gasteiger partial charge in [-0.25, -0.2) is 4.98 Å². The van der Waals surface area contributed by atoms with Gasteiger partial charge in [0.05, 0.1) is 0 Å². The van der Waals surface area contributed by atoms with Crippen molar-refractivity contribution in [1.29, 1.82) is 0 Å². The molecule has 0 aliphatic carbocycles. The predicted octanol–water partition coefficient (Wildman–Crippen LogP) is 2.94. The first kappa shape index (κ1) is 21.2. The maximum atomic E-state index is 11.5. The van der Waals surface area contributed by atoms with Gasteiger partial charge >= 0.3 is 0 Å². The van der Waals surface area contributed by atoms with Crippen LogP contribution in [0, 0.1) is 0 Å². The first-order valence-electron chi connectivity index (χ1n) is 6.87. The molecule has 1 aromatic heterocycles. The highest BCUT2D eigenvalue weighted by molar-refractivity contribution is 5.85. The molecule has 1 heterocycles. The number of carbonyl (C=O) groups excluding carboxylic acids is 1. The molecule has 0 spiro atoms. The Balaban J connectivity index is 0.00000242. The van der Waals surface area contributed by atoms with Crippen molar-refractivity contribution in [3.05, 3.63) is 54.2 Å². The molecule has 2 rings (SSSR count). The molecule has 5 nitrogen and oxygen atoms in total. The molecule has 126 valence electrons. The van der Waals surface area contributed by atoms with Gasteiger partial charge in [-0.3, -0.25) is 4.79 Å². The predicted molar refractivity (Wildman–Crippen MR) is 95.6 cm³/mol. The zero-order chi connectivity index (χ0) is 14.9. The minimum absolute atomic E-state index is 0. The fourth-order valence-corrected chi connectivity index (χ4v) is 1.71. The van der Waals surface area contributed by atoms with E-state index in [4.69, 9.17) is 4.74 Å². The van der Waals surface area contributed by atoms with Gasteiger partial charge < -0.3 is 15.4 Å². The lowest BCUT2D eigenvalue weighted by molar-refractivity contribution is -0.121. The number of para-hydroxylation sites is 1. The summed E-state index contributed by atoms with van der Waals surface area (Å²) in [5.74, 6) is 1.30. The minimum atomic E-state index is 0. The van der Waals surface area contributed by atoms with Crippen LogP contribution in [0.3, 0.4) is 0 Å². The van der Waals surface area contributed by atoms with E-state index in [0.29, 0.717) is 25.4 Å². The number of nitrogens with zero attached hydrogens (tertiary/aromatic N) is 1. The zero-order valence-corrected chi connectivity index (χ0v) is 14.5. The number of benzene rings is 1. The van der Waals surface area contributed by atoms with Gasteiger partial charge in [-0.15, -0.1) is 24.8 Å². The van der Waals surface area contributed by atoms with Crippen molar-refractivity contribution in [2.75, 3.05) is 13.6 Å². The van der Waals surface area contributed by atoms with Crippen LogP contribution in [0.15, 0.2) is 48.7 Å². The number of rotatable bonds is 7. The van der Waals surface area contributed by atoms with Crippen LogP contribution in [0.25, 0.3) is 0 Å². The molecule has 2 aromatic rings. The van der Waals surface area contributed by atoms with E-state index in [0.717, 1.165) is 11.3 Å². The highest BCUT2D eigenvalue weighted by atomic mass is 35.5. The van der Waals surface area contributed by atoms with Gasteiger partial charge in [-0.05, 0) is 24.7 Å². The van der Waals surface area contributed by atoms with Crippen LogP contribution >= 0.6 is 24.8 Å². The molecule has 0 saturated heterocycles. The number of hydrogen-bond acceptors (Lipinski definition) is 4. The summed E-state index contributed by atoms with van der Waals surface area (Å²) >= 11 is 0. The quantitative estimate of drug-likeness (QED) is 0.799. The molecular weight excluding hydrogens is 337 g/mol.